The number of aromatic amines is 1. The van der Waals surface area contributed by atoms with Gasteiger partial charge in [-0.15, -0.1) is 0 Å². The number of fused-ring (bicyclic) bond motifs is 1. The molecule has 0 fully saturated rings. The zero-order valence-corrected chi connectivity index (χ0v) is 16.2. The van der Waals surface area contributed by atoms with E-state index in [1.54, 1.807) is 48.7 Å². The third-order valence-electron chi connectivity index (χ3n) is 5.18. The first-order chi connectivity index (χ1) is 14.0. The molecule has 0 aliphatic carbocycles. The van der Waals surface area contributed by atoms with Crippen molar-refractivity contribution in [2.45, 2.75) is 26.3 Å². The van der Waals surface area contributed by atoms with Crippen LogP contribution in [-0.2, 0) is 0 Å². The SMILES string of the molecule is CCC(C)n1cc(C(=O)c2ccccc2O)cc1-c1nc2ccccc2c(=O)[nH]1. The van der Waals surface area contributed by atoms with Gasteiger partial charge in [-0.25, -0.2) is 4.98 Å². The molecule has 0 aliphatic heterocycles. The van der Waals surface area contributed by atoms with Crippen molar-refractivity contribution in [1.29, 1.82) is 0 Å². The highest BCUT2D eigenvalue weighted by atomic mass is 16.3. The van der Waals surface area contributed by atoms with Crippen LogP contribution in [0.5, 0.6) is 5.75 Å². The molecule has 0 amide bonds. The van der Waals surface area contributed by atoms with Gasteiger partial charge in [0.05, 0.1) is 22.2 Å². The van der Waals surface area contributed by atoms with Crippen molar-refractivity contribution in [3.05, 3.63) is 82.3 Å². The van der Waals surface area contributed by atoms with Gasteiger partial charge < -0.3 is 14.7 Å². The second kappa shape index (κ2) is 7.39. The average molecular weight is 387 g/mol. The summed E-state index contributed by atoms with van der Waals surface area (Å²) in [6.45, 7) is 4.09. The molecule has 4 aromatic rings. The highest BCUT2D eigenvalue weighted by Crippen LogP contribution is 2.28. The predicted octanol–water partition coefficient (Wildman–Crippen LogP) is 4.30. The predicted molar refractivity (Wildman–Crippen MR) is 112 cm³/mol. The Balaban J connectivity index is 1.89. The van der Waals surface area contributed by atoms with Gasteiger partial charge in [0.2, 0.25) is 0 Å². The molecule has 146 valence electrons. The van der Waals surface area contributed by atoms with Crippen molar-refractivity contribution in [1.82, 2.24) is 14.5 Å². The van der Waals surface area contributed by atoms with Gasteiger partial charge in [0.25, 0.3) is 5.56 Å². The molecule has 2 heterocycles. The Morgan fingerprint density at radius 1 is 1.17 bits per heavy atom. The molecule has 4 rings (SSSR count). The van der Waals surface area contributed by atoms with Gasteiger partial charge in [-0.3, -0.25) is 9.59 Å². The van der Waals surface area contributed by atoms with Crippen molar-refractivity contribution < 1.29 is 9.90 Å². The number of benzene rings is 2. The quantitative estimate of drug-likeness (QED) is 0.500. The van der Waals surface area contributed by atoms with E-state index in [0.29, 0.717) is 28.0 Å². The maximum atomic E-state index is 13.0. The highest BCUT2D eigenvalue weighted by molar-refractivity contribution is 6.11. The minimum Gasteiger partial charge on any atom is -0.507 e. The van der Waals surface area contributed by atoms with Crippen LogP contribution in [0.25, 0.3) is 22.4 Å². The Labute approximate surface area is 167 Å². The third kappa shape index (κ3) is 3.33. The van der Waals surface area contributed by atoms with Crippen LogP contribution in [-0.4, -0.2) is 25.4 Å². The first-order valence-corrected chi connectivity index (χ1v) is 9.53. The van der Waals surface area contributed by atoms with Crippen molar-refractivity contribution in [2.24, 2.45) is 0 Å². The van der Waals surface area contributed by atoms with Gasteiger partial charge in [0.15, 0.2) is 11.6 Å². The summed E-state index contributed by atoms with van der Waals surface area (Å²) in [7, 11) is 0. The number of carbonyl (C=O) groups excluding carboxylic acids is 1. The standard InChI is InChI=1S/C23H21N3O3/c1-3-14(2)26-13-15(21(28)17-9-5-7-11-20(17)27)12-19(26)22-24-18-10-6-4-8-16(18)23(29)25-22/h4-14,27H,3H2,1-2H3,(H,24,25,29). The number of nitrogens with one attached hydrogen (secondary N) is 1. The first-order valence-electron chi connectivity index (χ1n) is 9.53. The van der Waals surface area contributed by atoms with Gasteiger partial charge in [-0.05, 0) is 43.7 Å². The van der Waals surface area contributed by atoms with Crippen LogP contribution in [0.3, 0.4) is 0 Å². The second-order valence-corrected chi connectivity index (χ2v) is 7.06. The highest BCUT2D eigenvalue weighted by Gasteiger charge is 2.20. The molecule has 2 aromatic carbocycles. The number of aromatic nitrogens is 3. The molecule has 0 radical (unpaired) electrons. The van der Waals surface area contributed by atoms with Gasteiger partial charge in [-0.1, -0.05) is 31.2 Å². The van der Waals surface area contributed by atoms with E-state index >= 15 is 0 Å². The molecule has 6 heteroatoms. The molecule has 1 unspecified atom stereocenters. The normalized spacial score (nSPS) is 12.2. The number of ketones is 1. The topological polar surface area (TPSA) is 88.0 Å². The largest absolute Gasteiger partial charge is 0.507 e. The van der Waals surface area contributed by atoms with Crippen LogP contribution in [0, 0.1) is 0 Å². The number of H-pyrrole nitrogens is 1. The van der Waals surface area contributed by atoms with Crippen LogP contribution in [0.2, 0.25) is 0 Å². The number of phenolic OH excluding ortho intramolecular Hbond substituents is 1. The summed E-state index contributed by atoms with van der Waals surface area (Å²) in [6.07, 6.45) is 2.59. The number of rotatable bonds is 5. The van der Waals surface area contributed by atoms with E-state index in [4.69, 9.17) is 0 Å². The van der Waals surface area contributed by atoms with Gasteiger partial charge in [0, 0.05) is 17.8 Å². The molecule has 0 saturated heterocycles. The summed E-state index contributed by atoms with van der Waals surface area (Å²) >= 11 is 0. The number of phenols is 1. The van der Waals surface area contributed by atoms with E-state index in [1.807, 2.05) is 17.6 Å². The Hall–Kier alpha value is -3.67. The Kier molecular flexibility index (Phi) is 4.76. The summed E-state index contributed by atoms with van der Waals surface area (Å²) in [5, 5.41) is 10.6. The van der Waals surface area contributed by atoms with Crippen LogP contribution in [0.1, 0.15) is 42.2 Å². The molecule has 0 spiro atoms. The van der Waals surface area contributed by atoms with E-state index in [0.717, 1.165) is 6.42 Å². The molecular formula is C23H21N3O3. The number of para-hydroxylation sites is 2. The van der Waals surface area contributed by atoms with Crippen LogP contribution < -0.4 is 5.56 Å². The van der Waals surface area contributed by atoms with Crippen molar-refractivity contribution in [3.8, 4) is 17.3 Å². The number of hydrogen-bond acceptors (Lipinski definition) is 4. The number of hydrogen-bond donors (Lipinski definition) is 2. The second-order valence-electron chi connectivity index (χ2n) is 7.06. The van der Waals surface area contributed by atoms with Crippen molar-refractivity contribution >= 4 is 16.7 Å². The summed E-state index contributed by atoms with van der Waals surface area (Å²) in [5.74, 6) is 0.0625. The van der Waals surface area contributed by atoms with E-state index in [1.165, 1.54) is 6.07 Å². The minimum absolute atomic E-state index is 0.0624. The van der Waals surface area contributed by atoms with E-state index in [9.17, 15) is 14.7 Å². The Bertz CT molecular complexity index is 1270. The molecule has 2 N–H and O–H groups in total. The van der Waals surface area contributed by atoms with Crippen LogP contribution in [0.4, 0.5) is 0 Å². The Morgan fingerprint density at radius 3 is 2.66 bits per heavy atom. The molecule has 0 saturated carbocycles. The van der Waals surface area contributed by atoms with Crippen LogP contribution >= 0.6 is 0 Å². The van der Waals surface area contributed by atoms with Crippen molar-refractivity contribution in [2.75, 3.05) is 0 Å². The number of aromatic hydroxyl groups is 1. The molecular weight excluding hydrogens is 366 g/mol. The van der Waals surface area contributed by atoms with Crippen LogP contribution in [0.15, 0.2) is 65.6 Å². The number of carbonyl (C=O) groups is 1. The summed E-state index contributed by atoms with van der Waals surface area (Å²) in [4.78, 5) is 33.0. The lowest BCUT2D eigenvalue weighted by Gasteiger charge is -2.15. The fraction of sp³-hybridized carbons (Fsp3) is 0.174. The lowest BCUT2D eigenvalue weighted by Crippen LogP contribution is -2.12. The molecule has 6 nitrogen and oxygen atoms in total. The fourth-order valence-corrected chi connectivity index (χ4v) is 3.38. The number of nitrogens with zero attached hydrogens (tertiary/aromatic N) is 2. The Morgan fingerprint density at radius 2 is 1.90 bits per heavy atom. The maximum absolute atomic E-state index is 13.0. The fourth-order valence-electron chi connectivity index (χ4n) is 3.38. The van der Waals surface area contributed by atoms with E-state index in [-0.39, 0.29) is 28.7 Å². The zero-order chi connectivity index (χ0) is 20.5. The summed E-state index contributed by atoms with van der Waals surface area (Å²) in [6, 6.07) is 15.4. The molecule has 0 bridgehead atoms. The summed E-state index contributed by atoms with van der Waals surface area (Å²) in [5.41, 5.74) is 1.69. The van der Waals surface area contributed by atoms with E-state index < -0.39 is 0 Å². The third-order valence-corrected chi connectivity index (χ3v) is 5.18. The van der Waals surface area contributed by atoms with Crippen molar-refractivity contribution in [3.63, 3.8) is 0 Å². The maximum Gasteiger partial charge on any atom is 0.259 e. The molecule has 29 heavy (non-hydrogen) atoms. The smallest absolute Gasteiger partial charge is 0.259 e. The molecule has 0 aliphatic rings. The van der Waals surface area contributed by atoms with Gasteiger partial charge in [0.1, 0.15) is 5.75 Å². The first kappa shape index (κ1) is 18.7. The minimum atomic E-state index is -0.283. The lowest BCUT2D eigenvalue weighted by atomic mass is 10.0. The lowest BCUT2D eigenvalue weighted by molar-refractivity contribution is 0.103. The van der Waals surface area contributed by atoms with Gasteiger partial charge >= 0.3 is 0 Å². The zero-order valence-electron chi connectivity index (χ0n) is 16.2. The molecule has 1 atom stereocenters. The molecule has 2 aromatic heterocycles. The van der Waals surface area contributed by atoms with E-state index in [2.05, 4.69) is 16.9 Å². The summed E-state index contributed by atoms with van der Waals surface area (Å²) < 4.78 is 1.94. The average Bonchev–Trinajstić information content (AvgIpc) is 3.18. The van der Waals surface area contributed by atoms with Gasteiger partial charge in [-0.2, -0.15) is 0 Å². The monoisotopic (exact) mass is 387 g/mol.